The second-order valence-electron chi connectivity index (χ2n) is 4.82. The van der Waals surface area contributed by atoms with Crippen LogP contribution in [0.25, 0.3) is 0 Å². The molecule has 0 saturated heterocycles. The molecule has 0 aliphatic heterocycles. The molecule has 0 spiro atoms. The van der Waals surface area contributed by atoms with Crippen LogP contribution in [0.15, 0.2) is 12.1 Å². The number of unbranched alkanes of at least 4 members (excludes halogenated alkanes) is 5. The summed E-state index contributed by atoms with van der Waals surface area (Å²) in [7, 11) is 0. The molecule has 0 atom stereocenters. The van der Waals surface area contributed by atoms with E-state index in [4.69, 9.17) is 5.11 Å². The normalized spacial score (nSPS) is 10.3. The van der Waals surface area contributed by atoms with Crippen molar-refractivity contribution in [2.24, 2.45) is 0 Å². The predicted molar refractivity (Wildman–Crippen MR) is 79.7 cm³/mol. The van der Waals surface area contributed by atoms with Crippen molar-refractivity contribution in [3.63, 3.8) is 0 Å². The third-order valence-corrected chi connectivity index (χ3v) is 3.11. The van der Waals surface area contributed by atoms with Crippen molar-refractivity contribution in [3.05, 3.63) is 27.9 Å². The fourth-order valence-corrected chi connectivity index (χ4v) is 1.96. The number of carboxylic acids is 1. The van der Waals surface area contributed by atoms with E-state index in [9.17, 15) is 14.9 Å². The summed E-state index contributed by atoms with van der Waals surface area (Å²) >= 11 is 0. The van der Waals surface area contributed by atoms with Gasteiger partial charge in [-0.25, -0.2) is 9.78 Å². The standard InChI is InChI=1S/C14H21N3O4/c1-2-3-4-5-6-7-10-15-13-12(17(20)21)9-8-11(16-13)14(18)19/h8-9H,2-7,10H2,1H3,(H,15,16)(H,18,19). The Balaban J connectivity index is 2.53. The van der Waals surface area contributed by atoms with Crippen molar-refractivity contribution in [1.82, 2.24) is 4.98 Å². The largest absolute Gasteiger partial charge is 0.477 e. The number of carboxylic acid groups (broad SMARTS) is 1. The van der Waals surface area contributed by atoms with Crippen LogP contribution >= 0.6 is 0 Å². The van der Waals surface area contributed by atoms with Gasteiger partial charge in [0.05, 0.1) is 4.92 Å². The molecular weight excluding hydrogens is 274 g/mol. The van der Waals surface area contributed by atoms with E-state index in [1.807, 2.05) is 0 Å². The number of hydrogen-bond donors (Lipinski definition) is 2. The van der Waals surface area contributed by atoms with E-state index in [0.717, 1.165) is 25.3 Å². The second kappa shape index (κ2) is 8.89. The summed E-state index contributed by atoms with van der Waals surface area (Å²) in [5.41, 5.74) is -0.406. The minimum atomic E-state index is -1.20. The SMILES string of the molecule is CCCCCCCCNc1nc(C(=O)O)ccc1[N+](=O)[O-]. The van der Waals surface area contributed by atoms with Crippen molar-refractivity contribution in [2.75, 3.05) is 11.9 Å². The van der Waals surface area contributed by atoms with Gasteiger partial charge >= 0.3 is 11.7 Å². The molecule has 0 fully saturated rings. The van der Waals surface area contributed by atoms with Crippen molar-refractivity contribution >= 4 is 17.5 Å². The van der Waals surface area contributed by atoms with E-state index in [2.05, 4.69) is 17.2 Å². The van der Waals surface area contributed by atoms with Gasteiger partial charge in [0.2, 0.25) is 5.82 Å². The molecule has 0 saturated carbocycles. The highest BCUT2D eigenvalue weighted by Gasteiger charge is 2.17. The van der Waals surface area contributed by atoms with Crippen LogP contribution in [0, 0.1) is 10.1 Å². The highest BCUT2D eigenvalue weighted by Crippen LogP contribution is 2.22. The summed E-state index contributed by atoms with van der Waals surface area (Å²) in [6.07, 6.45) is 6.67. The number of nitrogens with one attached hydrogen (secondary N) is 1. The van der Waals surface area contributed by atoms with Gasteiger partial charge in [-0.1, -0.05) is 39.0 Å². The molecule has 1 rings (SSSR count). The van der Waals surface area contributed by atoms with Gasteiger partial charge in [0.25, 0.3) is 0 Å². The Hall–Kier alpha value is -2.18. The molecule has 0 amide bonds. The van der Waals surface area contributed by atoms with E-state index < -0.39 is 10.9 Å². The predicted octanol–water partition coefficient (Wildman–Crippen LogP) is 3.46. The average Bonchev–Trinajstić information content (AvgIpc) is 2.45. The molecule has 0 aromatic carbocycles. The summed E-state index contributed by atoms with van der Waals surface area (Å²) in [5.74, 6) is -1.18. The Morgan fingerprint density at radius 3 is 2.57 bits per heavy atom. The van der Waals surface area contributed by atoms with Gasteiger partial charge in [0, 0.05) is 12.6 Å². The molecule has 116 valence electrons. The Bertz CT molecular complexity index is 491. The van der Waals surface area contributed by atoms with Gasteiger partial charge in [0.1, 0.15) is 0 Å². The Morgan fingerprint density at radius 2 is 1.95 bits per heavy atom. The van der Waals surface area contributed by atoms with E-state index >= 15 is 0 Å². The van der Waals surface area contributed by atoms with Crippen molar-refractivity contribution in [3.8, 4) is 0 Å². The summed E-state index contributed by atoms with van der Waals surface area (Å²) in [5, 5.41) is 22.6. The van der Waals surface area contributed by atoms with E-state index in [-0.39, 0.29) is 17.2 Å². The van der Waals surface area contributed by atoms with Crippen LogP contribution in [0.2, 0.25) is 0 Å². The zero-order valence-corrected chi connectivity index (χ0v) is 12.2. The lowest BCUT2D eigenvalue weighted by molar-refractivity contribution is -0.384. The first-order valence-corrected chi connectivity index (χ1v) is 7.19. The molecule has 0 radical (unpaired) electrons. The minimum Gasteiger partial charge on any atom is -0.477 e. The molecule has 1 aromatic rings. The van der Waals surface area contributed by atoms with Crippen molar-refractivity contribution in [1.29, 1.82) is 0 Å². The van der Waals surface area contributed by atoms with Crippen LogP contribution in [0.5, 0.6) is 0 Å². The zero-order valence-electron chi connectivity index (χ0n) is 12.2. The van der Waals surface area contributed by atoms with Crippen LogP contribution in [0.3, 0.4) is 0 Å². The fraction of sp³-hybridized carbons (Fsp3) is 0.571. The quantitative estimate of drug-likeness (QED) is 0.389. The Kier molecular flexibility index (Phi) is 7.14. The molecule has 7 nitrogen and oxygen atoms in total. The van der Waals surface area contributed by atoms with Gasteiger partial charge < -0.3 is 10.4 Å². The monoisotopic (exact) mass is 295 g/mol. The molecule has 0 unspecified atom stereocenters. The van der Waals surface area contributed by atoms with Gasteiger partial charge in [0.15, 0.2) is 5.69 Å². The van der Waals surface area contributed by atoms with Gasteiger partial charge in [-0.2, -0.15) is 0 Å². The molecule has 1 aromatic heterocycles. The maximum atomic E-state index is 10.9. The van der Waals surface area contributed by atoms with Crippen LogP contribution in [0.1, 0.15) is 55.9 Å². The molecule has 1 heterocycles. The summed E-state index contributed by atoms with van der Waals surface area (Å²) < 4.78 is 0. The number of carbonyl (C=O) groups is 1. The molecule has 21 heavy (non-hydrogen) atoms. The smallest absolute Gasteiger partial charge is 0.354 e. The molecule has 7 heteroatoms. The first-order valence-electron chi connectivity index (χ1n) is 7.19. The molecule has 0 aliphatic rings. The van der Waals surface area contributed by atoms with Crippen LogP contribution in [0.4, 0.5) is 11.5 Å². The van der Waals surface area contributed by atoms with Gasteiger partial charge in [-0.15, -0.1) is 0 Å². The molecule has 0 aliphatic carbocycles. The summed E-state index contributed by atoms with van der Waals surface area (Å²) in [6.45, 7) is 2.70. The highest BCUT2D eigenvalue weighted by molar-refractivity contribution is 5.86. The van der Waals surface area contributed by atoms with E-state index in [0.29, 0.717) is 6.54 Å². The minimum absolute atomic E-state index is 0.0217. The highest BCUT2D eigenvalue weighted by atomic mass is 16.6. The lowest BCUT2D eigenvalue weighted by Gasteiger charge is -2.07. The summed E-state index contributed by atoms with van der Waals surface area (Å²) in [6, 6.07) is 2.30. The number of aromatic nitrogens is 1. The number of rotatable bonds is 10. The maximum Gasteiger partial charge on any atom is 0.354 e. The number of nitro groups is 1. The first kappa shape index (κ1) is 16.9. The Morgan fingerprint density at radius 1 is 1.29 bits per heavy atom. The second-order valence-corrected chi connectivity index (χ2v) is 4.82. The van der Waals surface area contributed by atoms with Crippen molar-refractivity contribution in [2.45, 2.75) is 45.4 Å². The zero-order chi connectivity index (χ0) is 15.7. The topological polar surface area (TPSA) is 105 Å². The van der Waals surface area contributed by atoms with Gasteiger partial charge in [-0.05, 0) is 12.5 Å². The number of pyridine rings is 1. The van der Waals surface area contributed by atoms with E-state index in [1.165, 1.54) is 25.3 Å². The number of hydrogen-bond acceptors (Lipinski definition) is 5. The van der Waals surface area contributed by atoms with Crippen molar-refractivity contribution < 1.29 is 14.8 Å². The lowest BCUT2D eigenvalue weighted by atomic mass is 10.1. The van der Waals surface area contributed by atoms with Crippen LogP contribution in [-0.4, -0.2) is 27.5 Å². The lowest BCUT2D eigenvalue weighted by Crippen LogP contribution is -2.09. The number of nitrogens with zero attached hydrogens (tertiary/aromatic N) is 2. The third-order valence-electron chi connectivity index (χ3n) is 3.11. The number of anilines is 1. The van der Waals surface area contributed by atoms with E-state index in [1.54, 1.807) is 0 Å². The molecular formula is C14H21N3O4. The first-order chi connectivity index (χ1) is 10.1. The summed E-state index contributed by atoms with van der Waals surface area (Å²) in [4.78, 5) is 25.0. The molecule has 2 N–H and O–H groups in total. The third kappa shape index (κ3) is 5.76. The van der Waals surface area contributed by atoms with Crippen LogP contribution in [-0.2, 0) is 0 Å². The van der Waals surface area contributed by atoms with Gasteiger partial charge in [-0.3, -0.25) is 10.1 Å². The maximum absolute atomic E-state index is 10.9. The molecule has 0 bridgehead atoms. The average molecular weight is 295 g/mol. The fourth-order valence-electron chi connectivity index (χ4n) is 1.96. The number of aromatic carboxylic acids is 1. The van der Waals surface area contributed by atoms with Crippen LogP contribution < -0.4 is 5.32 Å². The Labute approximate surface area is 123 Å².